The second-order valence-electron chi connectivity index (χ2n) is 6.11. The van der Waals surface area contributed by atoms with Crippen LogP contribution in [0.1, 0.15) is 33.1 Å². The lowest BCUT2D eigenvalue weighted by Gasteiger charge is -2.40. The third kappa shape index (κ3) is 2.15. The largest absolute Gasteiger partial charge is 0.387 e. The summed E-state index contributed by atoms with van der Waals surface area (Å²) >= 11 is 0. The molecule has 2 aliphatic rings. The number of nitrogens with zero attached hydrogens (tertiary/aromatic N) is 2. The van der Waals surface area contributed by atoms with E-state index < -0.39 is 5.60 Å². The van der Waals surface area contributed by atoms with Crippen molar-refractivity contribution in [2.45, 2.75) is 50.9 Å². The van der Waals surface area contributed by atoms with Gasteiger partial charge in [0.25, 0.3) is 0 Å². The van der Waals surface area contributed by atoms with Crippen LogP contribution in [0.3, 0.4) is 0 Å². The molecule has 2 fully saturated rings. The minimum atomic E-state index is -0.658. The average Bonchev–Trinajstić information content (AvgIpc) is 2.99. The van der Waals surface area contributed by atoms with E-state index in [2.05, 4.69) is 41.0 Å². The molecule has 1 unspecified atom stereocenters. The Morgan fingerprint density at radius 1 is 1.32 bits per heavy atom. The maximum atomic E-state index is 10.8. The summed E-state index contributed by atoms with van der Waals surface area (Å²) in [4.78, 5) is 4.91. The van der Waals surface area contributed by atoms with Crippen molar-refractivity contribution in [3.63, 3.8) is 0 Å². The lowest BCUT2D eigenvalue weighted by Crippen LogP contribution is -2.54. The second-order valence-corrected chi connectivity index (χ2v) is 6.11. The Kier molecular flexibility index (Phi) is 3.27. The fraction of sp³-hybridized carbons (Fsp3) is 0.625. The van der Waals surface area contributed by atoms with Crippen LogP contribution in [-0.2, 0) is 0 Å². The molecule has 3 rings (SSSR count). The lowest BCUT2D eigenvalue weighted by atomic mass is 9.97. The Hall–Kier alpha value is -1.06. The molecule has 0 radical (unpaired) electrons. The average molecular weight is 260 g/mol. The molecule has 3 heteroatoms. The van der Waals surface area contributed by atoms with Crippen molar-refractivity contribution in [3.05, 3.63) is 30.3 Å². The highest BCUT2D eigenvalue weighted by Gasteiger charge is 2.49. The van der Waals surface area contributed by atoms with Gasteiger partial charge in [0.1, 0.15) is 6.17 Å². The maximum absolute atomic E-state index is 10.8. The number of para-hydroxylation sites is 1. The van der Waals surface area contributed by atoms with Crippen LogP contribution in [0.5, 0.6) is 0 Å². The van der Waals surface area contributed by atoms with Gasteiger partial charge in [-0.05, 0) is 38.3 Å². The molecular formula is C16H24N2O. The van der Waals surface area contributed by atoms with Crippen molar-refractivity contribution in [3.8, 4) is 0 Å². The summed E-state index contributed by atoms with van der Waals surface area (Å²) in [6.07, 6.45) is 3.43. The van der Waals surface area contributed by atoms with Crippen molar-refractivity contribution in [1.82, 2.24) is 4.90 Å². The Morgan fingerprint density at radius 3 is 2.74 bits per heavy atom. The zero-order chi connectivity index (χ0) is 13.5. The zero-order valence-electron chi connectivity index (χ0n) is 11.9. The summed E-state index contributed by atoms with van der Waals surface area (Å²) in [5, 5.41) is 10.8. The summed E-state index contributed by atoms with van der Waals surface area (Å²) in [7, 11) is 0. The number of hydrogen-bond acceptors (Lipinski definition) is 3. The summed E-state index contributed by atoms with van der Waals surface area (Å²) < 4.78 is 0. The molecule has 0 aromatic heterocycles. The molecule has 0 spiro atoms. The highest BCUT2D eigenvalue weighted by Crippen LogP contribution is 2.38. The van der Waals surface area contributed by atoms with E-state index in [4.69, 9.17) is 0 Å². The first kappa shape index (κ1) is 12.9. The Bertz CT molecular complexity index is 432. The first-order valence-electron chi connectivity index (χ1n) is 7.43. The number of aliphatic hydroxyl groups is 1. The number of anilines is 1. The Morgan fingerprint density at radius 2 is 2.05 bits per heavy atom. The van der Waals surface area contributed by atoms with E-state index >= 15 is 0 Å². The van der Waals surface area contributed by atoms with Crippen LogP contribution < -0.4 is 4.90 Å². The van der Waals surface area contributed by atoms with E-state index in [1.807, 2.05) is 13.0 Å². The standard InChI is InChI=1S/C16H24N2O/c1-3-16(2,19)15-17-11-7-10-14(17)12-18(15)13-8-5-4-6-9-13/h4-6,8-9,14-15,19H,3,7,10-12H2,1-2H3/t14-,15?,16+/m0/s1. The highest BCUT2D eigenvalue weighted by atomic mass is 16.3. The monoisotopic (exact) mass is 260 g/mol. The van der Waals surface area contributed by atoms with E-state index in [1.165, 1.54) is 18.5 Å². The predicted molar refractivity (Wildman–Crippen MR) is 78.2 cm³/mol. The zero-order valence-corrected chi connectivity index (χ0v) is 11.9. The third-order valence-corrected chi connectivity index (χ3v) is 4.80. The normalized spacial score (nSPS) is 30.4. The van der Waals surface area contributed by atoms with E-state index in [0.29, 0.717) is 6.04 Å². The third-order valence-electron chi connectivity index (χ3n) is 4.80. The quantitative estimate of drug-likeness (QED) is 0.904. The van der Waals surface area contributed by atoms with Gasteiger partial charge >= 0.3 is 0 Å². The maximum Gasteiger partial charge on any atom is 0.111 e. The lowest BCUT2D eigenvalue weighted by molar-refractivity contribution is -0.0212. The molecule has 2 saturated heterocycles. The number of fused-ring (bicyclic) bond motifs is 1. The first-order valence-corrected chi connectivity index (χ1v) is 7.43. The van der Waals surface area contributed by atoms with Gasteiger partial charge in [0.2, 0.25) is 0 Å². The topological polar surface area (TPSA) is 26.7 Å². The molecule has 2 heterocycles. The van der Waals surface area contributed by atoms with Crippen molar-refractivity contribution >= 4 is 5.69 Å². The molecule has 3 atom stereocenters. The summed E-state index contributed by atoms with van der Waals surface area (Å²) in [5.41, 5.74) is 0.574. The molecule has 2 aliphatic heterocycles. The summed E-state index contributed by atoms with van der Waals surface area (Å²) in [5.74, 6) is 0. The minimum Gasteiger partial charge on any atom is -0.387 e. The molecule has 0 saturated carbocycles. The molecule has 0 amide bonds. The highest BCUT2D eigenvalue weighted by molar-refractivity contribution is 5.49. The first-order chi connectivity index (χ1) is 9.13. The molecule has 104 valence electrons. The fourth-order valence-corrected chi connectivity index (χ4v) is 3.62. The summed E-state index contributed by atoms with van der Waals surface area (Å²) in [6.45, 7) is 6.22. The van der Waals surface area contributed by atoms with Gasteiger partial charge in [0, 0.05) is 24.8 Å². The number of rotatable bonds is 3. The van der Waals surface area contributed by atoms with Gasteiger partial charge in [-0.25, -0.2) is 0 Å². The fourth-order valence-electron chi connectivity index (χ4n) is 3.62. The number of hydrogen-bond donors (Lipinski definition) is 1. The van der Waals surface area contributed by atoms with Gasteiger partial charge in [0.05, 0.1) is 5.60 Å². The molecule has 1 N–H and O–H groups in total. The molecule has 19 heavy (non-hydrogen) atoms. The van der Waals surface area contributed by atoms with Crippen LogP contribution in [0.25, 0.3) is 0 Å². The SMILES string of the molecule is CC[C@@](C)(O)C1N(c2ccccc2)C[C@@H]2CCCN12. The molecule has 0 aliphatic carbocycles. The van der Waals surface area contributed by atoms with Gasteiger partial charge in [-0.15, -0.1) is 0 Å². The van der Waals surface area contributed by atoms with Crippen molar-refractivity contribution in [2.24, 2.45) is 0 Å². The van der Waals surface area contributed by atoms with Gasteiger partial charge in [-0.1, -0.05) is 25.1 Å². The number of benzene rings is 1. The van der Waals surface area contributed by atoms with Crippen molar-refractivity contribution in [1.29, 1.82) is 0 Å². The predicted octanol–water partition coefficient (Wildman–Crippen LogP) is 2.46. The molecule has 1 aromatic carbocycles. The minimum absolute atomic E-state index is 0.118. The van der Waals surface area contributed by atoms with Crippen molar-refractivity contribution < 1.29 is 5.11 Å². The van der Waals surface area contributed by atoms with Crippen LogP contribution in [0.15, 0.2) is 30.3 Å². The van der Waals surface area contributed by atoms with Crippen LogP contribution in [0.2, 0.25) is 0 Å². The second kappa shape index (κ2) is 4.80. The Balaban J connectivity index is 1.95. The summed E-state index contributed by atoms with van der Waals surface area (Å²) in [6, 6.07) is 11.1. The smallest absolute Gasteiger partial charge is 0.111 e. The van der Waals surface area contributed by atoms with Crippen LogP contribution in [-0.4, -0.2) is 40.9 Å². The van der Waals surface area contributed by atoms with E-state index in [0.717, 1.165) is 19.5 Å². The van der Waals surface area contributed by atoms with Crippen molar-refractivity contribution in [2.75, 3.05) is 18.0 Å². The molecule has 3 nitrogen and oxygen atoms in total. The van der Waals surface area contributed by atoms with Gasteiger partial charge in [-0.2, -0.15) is 0 Å². The molecule has 1 aromatic rings. The molecular weight excluding hydrogens is 236 g/mol. The van der Waals surface area contributed by atoms with Gasteiger partial charge in [-0.3, -0.25) is 4.90 Å². The van der Waals surface area contributed by atoms with Gasteiger partial charge in [0.15, 0.2) is 0 Å². The Labute approximate surface area is 115 Å². The van der Waals surface area contributed by atoms with Crippen LogP contribution >= 0.6 is 0 Å². The van der Waals surface area contributed by atoms with E-state index in [9.17, 15) is 5.11 Å². The van der Waals surface area contributed by atoms with Crippen LogP contribution in [0, 0.1) is 0 Å². The molecule has 0 bridgehead atoms. The van der Waals surface area contributed by atoms with E-state index in [1.54, 1.807) is 0 Å². The van der Waals surface area contributed by atoms with Crippen LogP contribution in [0.4, 0.5) is 5.69 Å². The van der Waals surface area contributed by atoms with Gasteiger partial charge < -0.3 is 10.0 Å². The van der Waals surface area contributed by atoms with E-state index in [-0.39, 0.29) is 6.17 Å².